The molecule has 0 aliphatic carbocycles. The fraction of sp³-hybridized carbons (Fsp3) is 0.857. The summed E-state index contributed by atoms with van der Waals surface area (Å²) in [6.07, 6.45) is -2.27. The fourth-order valence-corrected chi connectivity index (χ4v) is 1.32. The largest absolute Gasteiger partial charge is 0.465 e. The highest BCUT2D eigenvalue weighted by atomic mass is 19.1. The normalized spacial score (nSPS) is 30.3. The Morgan fingerprint density at radius 1 is 1.75 bits per heavy atom. The van der Waals surface area contributed by atoms with Gasteiger partial charge >= 0.3 is 6.09 Å². The van der Waals surface area contributed by atoms with Gasteiger partial charge in [0.15, 0.2) is 0 Å². The van der Waals surface area contributed by atoms with Crippen LogP contribution in [0.3, 0.4) is 0 Å². The van der Waals surface area contributed by atoms with Gasteiger partial charge in [-0.2, -0.15) is 0 Å². The molecule has 0 spiro atoms. The van der Waals surface area contributed by atoms with Crippen LogP contribution in [0, 0.1) is 0 Å². The van der Waals surface area contributed by atoms with Gasteiger partial charge in [-0.1, -0.05) is 0 Å². The molecule has 1 saturated heterocycles. The highest BCUT2D eigenvalue weighted by Gasteiger charge is 2.31. The first-order valence-corrected chi connectivity index (χ1v) is 3.80. The van der Waals surface area contributed by atoms with Crippen LogP contribution in [0.1, 0.15) is 6.42 Å². The molecule has 1 aliphatic rings. The van der Waals surface area contributed by atoms with Crippen molar-refractivity contribution in [3.05, 3.63) is 0 Å². The van der Waals surface area contributed by atoms with Crippen molar-refractivity contribution in [3.8, 4) is 0 Å². The minimum Gasteiger partial charge on any atom is -0.465 e. The Hall–Kier alpha value is -0.840. The van der Waals surface area contributed by atoms with Crippen molar-refractivity contribution in [2.45, 2.75) is 18.7 Å². The van der Waals surface area contributed by atoms with Gasteiger partial charge in [-0.05, 0) is 6.42 Å². The van der Waals surface area contributed by atoms with Gasteiger partial charge in [-0.3, -0.25) is 0 Å². The molecule has 4 nitrogen and oxygen atoms in total. The highest BCUT2D eigenvalue weighted by Crippen LogP contribution is 2.16. The molecular weight excluding hydrogens is 165 g/mol. The molecule has 1 fully saturated rings. The molecule has 0 aromatic heterocycles. The molecule has 1 aliphatic heterocycles. The summed E-state index contributed by atoms with van der Waals surface area (Å²) in [7, 11) is 1.44. The summed E-state index contributed by atoms with van der Waals surface area (Å²) in [5, 5.41) is 8.53. The van der Waals surface area contributed by atoms with Gasteiger partial charge in [-0.25, -0.2) is 9.18 Å². The van der Waals surface area contributed by atoms with Gasteiger partial charge in [0.1, 0.15) is 6.17 Å². The Kier molecular flexibility index (Phi) is 2.86. The maximum atomic E-state index is 13.0. The van der Waals surface area contributed by atoms with Gasteiger partial charge in [0.2, 0.25) is 0 Å². The van der Waals surface area contributed by atoms with E-state index in [0.717, 1.165) is 4.90 Å². The molecule has 0 unspecified atom stereocenters. The Morgan fingerprint density at radius 2 is 2.42 bits per heavy atom. The van der Waals surface area contributed by atoms with Gasteiger partial charge < -0.3 is 14.7 Å². The lowest BCUT2D eigenvalue weighted by Gasteiger charge is -2.31. The first-order chi connectivity index (χ1) is 5.65. The van der Waals surface area contributed by atoms with Crippen LogP contribution in [0.2, 0.25) is 0 Å². The minimum absolute atomic E-state index is 0.0756. The molecule has 5 heteroatoms. The number of hydrogen-bond acceptors (Lipinski definition) is 2. The fourth-order valence-electron chi connectivity index (χ4n) is 1.32. The lowest BCUT2D eigenvalue weighted by Crippen LogP contribution is -2.47. The van der Waals surface area contributed by atoms with Crippen LogP contribution in [0.5, 0.6) is 0 Å². The molecule has 0 bridgehead atoms. The number of halogens is 1. The van der Waals surface area contributed by atoms with E-state index in [-0.39, 0.29) is 6.54 Å². The lowest BCUT2D eigenvalue weighted by atomic mass is 10.1. The number of carboxylic acid groups (broad SMARTS) is 1. The predicted molar refractivity (Wildman–Crippen MR) is 39.9 cm³/mol. The first kappa shape index (κ1) is 9.25. The number of nitrogens with zero attached hydrogens (tertiary/aromatic N) is 1. The van der Waals surface area contributed by atoms with Crippen molar-refractivity contribution in [3.63, 3.8) is 0 Å². The van der Waals surface area contributed by atoms with E-state index in [4.69, 9.17) is 9.84 Å². The standard InChI is InChI=1S/C7H12FNO3/c1-12-6-2-3-9(7(10)11)4-5(6)8/h5-6H,2-4H2,1H3,(H,10,11)/t5-,6-/m0/s1. The molecule has 0 saturated carbocycles. The first-order valence-electron chi connectivity index (χ1n) is 3.80. The van der Waals surface area contributed by atoms with E-state index >= 15 is 0 Å². The van der Waals surface area contributed by atoms with Crippen LogP contribution < -0.4 is 0 Å². The number of rotatable bonds is 1. The smallest absolute Gasteiger partial charge is 0.407 e. The minimum atomic E-state index is -1.19. The third kappa shape index (κ3) is 1.85. The van der Waals surface area contributed by atoms with E-state index in [1.807, 2.05) is 0 Å². The molecule has 2 atom stereocenters. The second-order valence-corrected chi connectivity index (χ2v) is 2.81. The number of carbonyl (C=O) groups is 1. The van der Waals surface area contributed by atoms with Gasteiger partial charge in [0.25, 0.3) is 0 Å². The molecule has 0 aromatic carbocycles. The van der Waals surface area contributed by atoms with Crippen molar-refractivity contribution in [1.82, 2.24) is 4.90 Å². The van der Waals surface area contributed by atoms with Crippen molar-refractivity contribution in [1.29, 1.82) is 0 Å². The summed E-state index contributed by atoms with van der Waals surface area (Å²) < 4.78 is 17.9. The zero-order chi connectivity index (χ0) is 9.14. The Labute approximate surface area is 69.9 Å². The number of methoxy groups -OCH3 is 1. The van der Waals surface area contributed by atoms with Crippen molar-refractivity contribution in [2.75, 3.05) is 20.2 Å². The second-order valence-electron chi connectivity index (χ2n) is 2.81. The molecule has 1 amide bonds. The van der Waals surface area contributed by atoms with E-state index < -0.39 is 18.4 Å². The van der Waals surface area contributed by atoms with Crippen LogP contribution in [0.4, 0.5) is 9.18 Å². The average Bonchev–Trinajstić information content (AvgIpc) is 2.04. The van der Waals surface area contributed by atoms with Crippen molar-refractivity contribution in [2.24, 2.45) is 0 Å². The average molecular weight is 177 g/mol. The summed E-state index contributed by atoms with van der Waals surface area (Å²) in [6.45, 7) is 0.280. The number of alkyl halides is 1. The maximum Gasteiger partial charge on any atom is 0.407 e. The summed E-state index contributed by atoms with van der Waals surface area (Å²) in [5.41, 5.74) is 0. The Balaban J connectivity index is 2.46. The highest BCUT2D eigenvalue weighted by molar-refractivity contribution is 5.65. The summed E-state index contributed by atoms with van der Waals surface area (Å²) in [6, 6.07) is 0. The molecule has 70 valence electrons. The topological polar surface area (TPSA) is 49.8 Å². The summed E-state index contributed by atoms with van der Waals surface area (Å²) in [5.74, 6) is 0. The van der Waals surface area contributed by atoms with Gasteiger partial charge in [0, 0.05) is 13.7 Å². The molecule has 1 rings (SSSR count). The molecule has 1 heterocycles. The van der Waals surface area contributed by atoms with Gasteiger partial charge in [0.05, 0.1) is 12.6 Å². The van der Waals surface area contributed by atoms with E-state index in [1.54, 1.807) is 0 Å². The van der Waals surface area contributed by atoms with Crippen LogP contribution in [-0.2, 0) is 4.74 Å². The monoisotopic (exact) mass is 177 g/mol. The lowest BCUT2D eigenvalue weighted by molar-refractivity contribution is -0.0175. The number of hydrogen-bond donors (Lipinski definition) is 1. The van der Waals surface area contributed by atoms with Gasteiger partial charge in [-0.15, -0.1) is 0 Å². The molecule has 1 N–H and O–H groups in total. The number of piperidine rings is 1. The third-order valence-corrected chi connectivity index (χ3v) is 2.06. The molecule has 0 radical (unpaired) electrons. The summed E-state index contributed by atoms with van der Waals surface area (Å²) in [4.78, 5) is 11.5. The number of ether oxygens (including phenoxy) is 1. The van der Waals surface area contributed by atoms with Crippen LogP contribution in [0.15, 0.2) is 0 Å². The second kappa shape index (κ2) is 3.71. The van der Waals surface area contributed by atoms with E-state index in [2.05, 4.69) is 0 Å². The summed E-state index contributed by atoms with van der Waals surface area (Å²) >= 11 is 0. The molecular formula is C7H12FNO3. The van der Waals surface area contributed by atoms with E-state index in [9.17, 15) is 9.18 Å². The Bertz CT molecular complexity index is 176. The van der Waals surface area contributed by atoms with Crippen LogP contribution in [0.25, 0.3) is 0 Å². The zero-order valence-electron chi connectivity index (χ0n) is 6.86. The number of likely N-dealkylation sites (tertiary alicyclic amines) is 1. The SMILES string of the molecule is CO[C@H]1CCN(C(=O)O)C[C@@H]1F. The van der Waals surface area contributed by atoms with Crippen LogP contribution in [-0.4, -0.2) is 48.6 Å². The van der Waals surface area contributed by atoms with Crippen LogP contribution >= 0.6 is 0 Å². The molecule has 0 aromatic rings. The maximum absolute atomic E-state index is 13.0. The zero-order valence-corrected chi connectivity index (χ0v) is 6.86. The Morgan fingerprint density at radius 3 is 2.83 bits per heavy atom. The quantitative estimate of drug-likeness (QED) is 0.642. The van der Waals surface area contributed by atoms with Crippen molar-refractivity contribution >= 4 is 6.09 Å². The van der Waals surface area contributed by atoms with Crippen molar-refractivity contribution < 1.29 is 19.0 Å². The van der Waals surface area contributed by atoms with E-state index in [1.165, 1.54) is 7.11 Å². The molecule has 12 heavy (non-hydrogen) atoms. The number of amides is 1. The third-order valence-electron chi connectivity index (χ3n) is 2.06. The van der Waals surface area contributed by atoms with E-state index in [0.29, 0.717) is 13.0 Å². The predicted octanol–water partition coefficient (Wildman–Crippen LogP) is 0.723.